The van der Waals surface area contributed by atoms with Gasteiger partial charge in [-0.2, -0.15) is 10.2 Å². The Hall–Kier alpha value is -1.62. The predicted molar refractivity (Wildman–Crippen MR) is 47.6 cm³/mol. The molecule has 0 aromatic carbocycles. The summed E-state index contributed by atoms with van der Waals surface area (Å²) in [6.45, 7) is 0. The molecule has 2 heterocycles. The summed E-state index contributed by atoms with van der Waals surface area (Å²) in [6, 6.07) is 1.62. The molecule has 0 N–H and O–H groups in total. The lowest BCUT2D eigenvalue weighted by molar-refractivity contribution is 0.103. The highest BCUT2D eigenvalue weighted by Crippen LogP contribution is 2.07. The molecular formula is C8H5N3OS. The number of hydrogen-bond donors (Lipinski definition) is 0. The highest BCUT2D eigenvalue weighted by atomic mass is 32.1. The zero-order valence-electron chi connectivity index (χ0n) is 6.54. The average Bonchev–Trinajstić information content (AvgIpc) is 2.71. The number of nitrogens with zero attached hydrogens (tertiary/aromatic N) is 3. The van der Waals surface area contributed by atoms with Crippen molar-refractivity contribution in [3.8, 4) is 0 Å². The van der Waals surface area contributed by atoms with E-state index in [0.717, 1.165) is 0 Å². The van der Waals surface area contributed by atoms with Gasteiger partial charge in [0.2, 0.25) is 5.78 Å². The zero-order valence-corrected chi connectivity index (χ0v) is 7.36. The standard InChI is InChI=1S/C8H5N3OS/c12-8(7-4-13-5-9-7)6-1-2-10-11-3-6/h1-5H. The molecule has 2 aromatic heterocycles. The maximum absolute atomic E-state index is 11.6. The van der Waals surface area contributed by atoms with Crippen LogP contribution in [0.4, 0.5) is 0 Å². The van der Waals surface area contributed by atoms with E-state index in [9.17, 15) is 4.79 Å². The van der Waals surface area contributed by atoms with Gasteiger partial charge in [0.15, 0.2) is 0 Å². The molecule has 0 aliphatic rings. The van der Waals surface area contributed by atoms with Gasteiger partial charge < -0.3 is 0 Å². The van der Waals surface area contributed by atoms with Crippen molar-refractivity contribution >= 4 is 17.1 Å². The Morgan fingerprint density at radius 2 is 2.31 bits per heavy atom. The number of ketones is 1. The zero-order chi connectivity index (χ0) is 9.10. The second kappa shape index (κ2) is 3.40. The Bertz CT molecular complexity index is 399. The molecule has 0 radical (unpaired) electrons. The molecule has 5 heteroatoms. The second-order valence-corrected chi connectivity index (χ2v) is 3.05. The molecule has 0 saturated carbocycles. The lowest BCUT2D eigenvalue weighted by Gasteiger charge is -1.93. The minimum Gasteiger partial charge on any atom is -0.287 e. The average molecular weight is 191 g/mol. The molecule has 0 amide bonds. The SMILES string of the molecule is O=C(c1ccnnc1)c1cscn1. The van der Waals surface area contributed by atoms with Crippen LogP contribution in [0.25, 0.3) is 0 Å². The smallest absolute Gasteiger partial charge is 0.213 e. The molecule has 13 heavy (non-hydrogen) atoms. The summed E-state index contributed by atoms with van der Waals surface area (Å²) in [7, 11) is 0. The monoisotopic (exact) mass is 191 g/mol. The van der Waals surface area contributed by atoms with Crippen LogP contribution in [0.5, 0.6) is 0 Å². The van der Waals surface area contributed by atoms with E-state index in [1.54, 1.807) is 17.0 Å². The molecule has 0 spiro atoms. The first-order valence-electron chi connectivity index (χ1n) is 3.57. The predicted octanol–water partition coefficient (Wildman–Crippen LogP) is 1.16. The van der Waals surface area contributed by atoms with Gasteiger partial charge in [0.1, 0.15) is 5.69 Å². The van der Waals surface area contributed by atoms with Crippen LogP contribution >= 0.6 is 11.3 Å². The van der Waals surface area contributed by atoms with Crippen LogP contribution in [0.1, 0.15) is 16.1 Å². The van der Waals surface area contributed by atoms with Crippen LogP contribution in [-0.4, -0.2) is 21.0 Å². The number of carbonyl (C=O) groups excluding carboxylic acids is 1. The van der Waals surface area contributed by atoms with Gasteiger partial charge in [0, 0.05) is 10.9 Å². The van der Waals surface area contributed by atoms with E-state index in [1.165, 1.54) is 23.7 Å². The highest BCUT2D eigenvalue weighted by Gasteiger charge is 2.10. The minimum absolute atomic E-state index is 0.115. The van der Waals surface area contributed by atoms with Gasteiger partial charge in [0.25, 0.3) is 0 Å². The summed E-state index contributed by atoms with van der Waals surface area (Å²) in [5, 5.41) is 8.92. The van der Waals surface area contributed by atoms with E-state index >= 15 is 0 Å². The van der Waals surface area contributed by atoms with Crippen molar-refractivity contribution in [1.82, 2.24) is 15.2 Å². The molecule has 0 fully saturated rings. The molecule has 0 unspecified atom stereocenters. The number of carbonyl (C=O) groups is 1. The Balaban J connectivity index is 2.34. The number of rotatable bonds is 2. The summed E-state index contributed by atoms with van der Waals surface area (Å²) in [5.41, 5.74) is 2.60. The normalized spacial score (nSPS) is 9.85. The summed E-state index contributed by atoms with van der Waals surface area (Å²) >= 11 is 1.39. The summed E-state index contributed by atoms with van der Waals surface area (Å²) < 4.78 is 0. The first-order chi connectivity index (χ1) is 6.38. The third-order valence-electron chi connectivity index (χ3n) is 1.51. The molecule has 2 aromatic rings. The van der Waals surface area contributed by atoms with Crippen molar-refractivity contribution in [2.75, 3.05) is 0 Å². The largest absolute Gasteiger partial charge is 0.287 e. The van der Waals surface area contributed by atoms with E-state index in [4.69, 9.17) is 0 Å². The maximum atomic E-state index is 11.6. The molecule has 0 saturated heterocycles. The molecule has 2 rings (SSSR count). The summed E-state index contributed by atoms with van der Waals surface area (Å²) in [6.07, 6.45) is 2.92. The highest BCUT2D eigenvalue weighted by molar-refractivity contribution is 7.07. The number of aromatic nitrogens is 3. The van der Waals surface area contributed by atoms with Crippen LogP contribution in [0.2, 0.25) is 0 Å². The van der Waals surface area contributed by atoms with Crippen molar-refractivity contribution in [2.45, 2.75) is 0 Å². The van der Waals surface area contributed by atoms with Gasteiger partial charge in [-0.25, -0.2) is 4.98 Å². The third-order valence-corrected chi connectivity index (χ3v) is 2.10. The molecule has 0 bridgehead atoms. The lowest BCUT2D eigenvalue weighted by atomic mass is 10.2. The number of thiazole rings is 1. The number of hydrogen-bond acceptors (Lipinski definition) is 5. The van der Waals surface area contributed by atoms with Crippen molar-refractivity contribution in [3.63, 3.8) is 0 Å². The van der Waals surface area contributed by atoms with Crippen LogP contribution < -0.4 is 0 Å². The third kappa shape index (κ3) is 1.59. The van der Waals surface area contributed by atoms with Gasteiger partial charge >= 0.3 is 0 Å². The Kier molecular flexibility index (Phi) is 2.09. The van der Waals surface area contributed by atoms with E-state index in [-0.39, 0.29) is 5.78 Å². The van der Waals surface area contributed by atoms with Gasteiger partial charge in [-0.1, -0.05) is 0 Å². The van der Waals surface area contributed by atoms with Gasteiger partial charge in [0.05, 0.1) is 17.9 Å². The fraction of sp³-hybridized carbons (Fsp3) is 0. The van der Waals surface area contributed by atoms with Crippen molar-refractivity contribution in [2.24, 2.45) is 0 Å². The van der Waals surface area contributed by atoms with Gasteiger partial charge in [-0.05, 0) is 6.07 Å². The van der Waals surface area contributed by atoms with Gasteiger partial charge in [-0.15, -0.1) is 11.3 Å². The van der Waals surface area contributed by atoms with Crippen molar-refractivity contribution in [3.05, 3.63) is 40.6 Å². The first-order valence-corrected chi connectivity index (χ1v) is 4.52. The maximum Gasteiger partial charge on any atom is 0.213 e. The Labute approximate surface area is 78.3 Å². The molecule has 64 valence electrons. The van der Waals surface area contributed by atoms with Crippen LogP contribution in [0.15, 0.2) is 29.4 Å². The topological polar surface area (TPSA) is 55.7 Å². The van der Waals surface area contributed by atoms with E-state index in [2.05, 4.69) is 15.2 Å². The second-order valence-electron chi connectivity index (χ2n) is 2.33. The first kappa shape index (κ1) is 8.00. The molecular weight excluding hydrogens is 186 g/mol. The Morgan fingerprint density at radius 3 is 2.92 bits per heavy atom. The van der Waals surface area contributed by atoms with E-state index in [1.807, 2.05) is 0 Å². The van der Waals surface area contributed by atoms with E-state index < -0.39 is 0 Å². The lowest BCUT2D eigenvalue weighted by Crippen LogP contribution is -2.02. The minimum atomic E-state index is -0.115. The molecule has 4 nitrogen and oxygen atoms in total. The van der Waals surface area contributed by atoms with Crippen LogP contribution in [0, 0.1) is 0 Å². The molecule has 0 aliphatic carbocycles. The van der Waals surface area contributed by atoms with Crippen molar-refractivity contribution in [1.29, 1.82) is 0 Å². The van der Waals surface area contributed by atoms with Crippen molar-refractivity contribution < 1.29 is 4.79 Å². The quantitative estimate of drug-likeness (QED) is 0.668. The summed E-state index contributed by atoms with van der Waals surface area (Å²) in [5.74, 6) is -0.115. The van der Waals surface area contributed by atoms with Crippen LogP contribution in [0.3, 0.4) is 0 Å². The fourth-order valence-corrected chi connectivity index (χ4v) is 1.43. The Morgan fingerprint density at radius 1 is 1.38 bits per heavy atom. The van der Waals surface area contributed by atoms with Gasteiger partial charge in [-0.3, -0.25) is 4.79 Å². The fourth-order valence-electron chi connectivity index (χ4n) is 0.898. The summed E-state index contributed by atoms with van der Waals surface area (Å²) in [4.78, 5) is 15.5. The van der Waals surface area contributed by atoms with E-state index in [0.29, 0.717) is 11.3 Å². The molecule has 0 aliphatic heterocycles. The molecule has 0 atom stereocenters. The van der Waals surface area contributed by atoms with Crippen LogP contribution in [-0.2, 0) is 0 Å².